The van der Waals surface area contributed by atoms with Crippen LogP contribution in [0.5, 0.6) is 0 Å². The molecule has 3 fully saturated rings. The number of carbonyl (C=O) groups excluding carboxylic acids is 4. The van der Waals surface area contributed by atoms with Crippen LogP contribution in [0.15, 0.2) is 6.07 Å². The van der Waals surface area contributed by atoms with Gasteiger partial charge in [-0.25, -0.2) is 8.78 Å². The van der Waals surface area contributed by atoms with Gasteiger partial charge in [-0.1, -0.05) is 0 Å². The molecule has 0 radical (unpaired) electrons. The van der Waals surface area contributed by atoms with E-state index in [1.165, 1.54) is 6.07 Å². The lowest BCUT2D eigenvalue weighted by molar-refractivity contribution is -0.136. The van der Waals surface area contributed by atoms with E-state index in [1.54, 1.807) is 4.90 Å². The summed E-state index contributed by atoms with van der Waals surface area (Å²) >= 11 is 0. The van der Waals surface area contributed by atoms with E-state index in [-0.39, 0.29) is 36.2 Å². The molecule has 152 valence electrons. The number of amides is 4. The number of piperazine rings is 1. The zero-order valence-electron chi connectivity index (χ0n) is 15.3. The third-order valence-corrected chi connectivity index (χ3v) is 6.15. The van der Waals surface area contributed by atoms with Crippen LogP contribution in [0.4, 0.5) is 14.5 Å². The van der Waals surface area contributed by atoms with Crippen LogP contribution in [0.25, 0.3) is 0 Å². The Morgan fingerprint density at radius 2 is 1.62 bits per heavy atom. The van der Waals surface area contributed by atoms with Crippen molar-refractivity contribution in [2.45, 2.75) is 43.8 Å². The molecule has 0 saturated carbocycles. The summed E-state index contributed by atoms with van der Waals surface area (Å²) < 4.78 is 29.8. The fourth-order valence-corrected chi connectivity index (χ4v) is 4.77. The van der Waals surface area contributed by atoms with Crippen LogP contribution in [0.3, 0.4) is 0 Å². The Morgan fingerprint density at radius 3 is 2.28 bits per heavy atom. The van der Waals surface area contributed by atoms with Crippen molar-refractivity contribution in [3.05, 3.63) is 28.8 Å². The largest absolute Gasteiger partial charge is 0.366 e. The lowest BCUT2D eigenvalue weighted by Gasteiger charge is -2.35. The predicted octanol–water partition coefficient (Wildman–Crippen LogP) is 0.307. The van der Waals surface area contributed by atoms with Gasteiger partial charge in [-0.2, -0.15) is 0 Å². The van der Waals surface area contributed by atoms with Crippen molar-refractivity contribution < 1.29 is 28.0 Å². The number of piperidine rings is 1. The van der Waals surface area contributed by atoms with Gasteiger partial charge >= 0.3 is 0 Å². The zero-order valence-corrected chi connectivity index (χ0v) is 15.3. The standard InChI is InChI=1S/C19H18F2N4O4/c20-15-12(24-6-8-1-2-9(7-24)22-8)5-10-14(16(15)21)19(29)25(18(10)28)11-3-4-13(26)23-17(11)27/h5,8-9,11,22H,1-4,6-7H2,(H,23,26,27). The molecule has 0 aromatic heterocycles. The molecule has 3 atom stereocenters. The van der Waals surface area contributed by atoms with Gasteiger partial charge in [-0.05, 0) is 25.3 Å². The number of carbonyl (C=O) groups is 4. The molecule has 10 heteroatoms. The maximum atomic E-state index is 14.9. The van der Waals surface area contributed by atoms with Crippen LogP contribution < -0.4 is 15.5 Å². The highest BCUT2D eigenvalue weighted by molar-refractivity contribution is 6.24. The summed E-state index contributed by atoms with van der Waals surface area (Å²) in [6, 6.07) is 0.328. The second-order valence-electron chi connectivity index (χ2n) is 7.94. The van der Waals surface area contributed by atoms with E-state index in [2.05, 4.69) is 10.6 Å². The van der Waals surface area contributed by atoms with Crippen LogP contribution in [0.1, 0.15) is 46.4 Å². The molecule has 3 saturated heterocycles. The molecular formula is C19H18F2N4O4. The molecule has 2 N–H and O–H groups in total. The molecule has 4 aliphatic rings. The molecule has 2 bridgehead atoms. The first-order valence-electron chi connectivity index (χ1n) is 9.59. The normalized spacial score (nSPS) is 28.8. The molecule has 4 aliphatic heterocycles. The van der Waals surface area contributed by atoms with Gasteiger partial charge in [0.1, 0.15) is 6.04 Å². The molecule has 1 aromatic rings. The predicted molar refractivity (Wildman–Crippen MR) is 95.2 cm³/mol. The number of nitrogens with zero attached hydrogens (tertiary/aromatic N) is 2. The summed E-state index contributed by atoms with van der Waals surface area (Å²) in [4.78, 5) is 51.4. The number of imide groups is 2. The van der Waals surface area contributed by atoms with Crippen molar-refractivity contribution in [3.8, 4) is 0 Å². The number of hydrogen-bond donors (Lipinski definition) is 2. The van der Waals surface area contributed by atoms with E-state index in [0.717, 1.165) is 12.8 Å². The first kappa shape index (κ1) is 18.2. The topological polar surface area (TPSA) is 98.8 Å². The van der Waals surface area contributed by atoms with Crippen LogP contribution in [0, 0.1) is 11.6 Å². The highest BCUT2D eigenvalue weighted by Gasteiger charge is 2.47. The lowest BCUT2D eigenvalue weighted by atomic mass is 10.0. The fraction of sp³-hybridized carbons (Fsp3) is 0.474. The summed E-state index contributed by atoms with van der Waals surface area (Å²) in [5.41, 5.74) is -0.954. The third kappa shape index (κ3) is 2.65. The second-order valence-corrected chi connectivity index (χ2v) is 7.94. The number of nitrogens with one attached hydrogen (secondary N) is 2. The summed E-state index contributed by atoms with van der Waals surface area (Å²) in [6.45, 7) is 0.954. The van der Waals surface area contributed by atoms with E-state index < -0.39 is 46.9 Å². The lowest BCUT2D eigenvalue weighted by Crippen LogP contribution is -2.54. The molecule has 8 nitrogen and oxygen atoms in total. The Labute approximate surface area is 164 Å². The van der Waals surface area contributed by atoms with Crippen molar-refractivity contribution in [3.63, 3.8) is 0 Å². The number of hydrogen-bond acceptors (Lipinski definition) is 6. The molecule has 4 heterocycles. The van der Waals surface area contributed by atoms with E-state index in [1.807, 2.05) is 0 Å². The van der Waals surface area contributed by atoms with Gasteiger partial charge in [0, 0.05) is 31.6 Å². The number of benzene rings is 1. The molecule has 29 heavy (non-hydrogen) atoms. The maximum absolute atomic E-state index is 14.9. The van der Waals surface area contributed by atoms with Crippen LogP contribution in [-0.4, -0.2) is 59.7 Å². The van der Waals surface area contributed by atoms with Gasteiger partial charge < -0.3 is 10.2 Å². The quantitative estimate of drug-likeness (QED) is 0.689. The maximum Gasteiger partial charge on any atom is 0.265 e. The fourth-order valence-electron chi connectivity index (χ4n) is 4.77. The van der Waals surface area contributed by atoms with E-state index >= 15 is 0 Å². The van der Waals surface area contributed by atoms with E-state index in [4.69, 9.17) is 0 Å². The number of halogens is 2. The summed E-state index contributed by atoms with van der Waals surface area (Å²) in [5, 5.41) is 5.46. The molecule has 3 unspecified atom stereocenters. The van der Waals surface area contributed by atoms with Gasteiger partial charge in [0.25, 0.3) is 11.8 Å². The minimum Gasteiger partial charge on any atom is -0.366 e. The average molecular weight is 404 g/mol. The van der Waals surface area contributed by atoms with Gasteiger partial charge in [-0.3, -0.25) is 29.4 Å². The Morgan fingerprint density at radius 1 is 0.931 bits per heavy atom. The van der Waals surface area contributed by atoms with Crippen molar-refractivity contribution >= 4 is 29.3 Å². The summed E-state index contributed by atoms with van der Waals surface area (Å²) in [5.74, 6) is -5.75. The molecule has 0 aliphatic carbocycles. The van der Waals surface area contributed by atoms with Gasteiger partial charge in [-0.15, -0.1) is 0 Å². The molecule has 4 amide bonds. The number of fused-ring (bicyclic) bond motifs is 3. The summed E-state index contributed by atoms with van der Waals surface area (Å²) in [7, 11) is 0. The van der Waals surface area contributed by atoms with Crippen molar-refractivity contribution in [2.75, 3.05) is 18.0 Å². The smallest absolute Gasteiger partial charge is 0.265 e. The SMILES string of the molecule is O=C1CCC(N2C(=O)c3cc(N4CC5CCC(C4)N5)c(F)c(F)c3C2=O)C(=O)N1. The van der Waals surface area contributed by atoms with Crippen molar-refractivity contribution in [1.29, 1.82) is 0 Å². The Hall–Kier alpha value is -2.88. The zero-order chi connectivity index (χ0) is 20.4. The highest BCUT2D eigenvalue weighted by Crippen LogP contribution is 2.36. The molecule has 0 spiro atoms. The average Bonchev–Trinajstić information content (AvgIpc) is 3.14. The number of rotatable bonds is 2. The third-order valence-electron chi connectivity index (χ3n) is 6.15. The van der Waals surface area contributed by atoms with Gasteiger partial charge in [0.05, 0.1) is 16.8 Å². The van der Waals surface area contributed by atoms with Crippen LogP contribution in [0.2, 0.25) is 0 Å². The van der Waals surface area contributed by atoms with Crippen molar-refractivity contribution in [2.24, 2.45) is 0 Å². The summed E-state index contributed by atoms with van der Waals surface area (Å²) in [6.07, 6.45) is 1.79. The van der Waals surface area contributed by atoms with Gasteiger partial charge in [0.2, 0.25) is 11.8 Å². The minimum absolute atomic E-state index is 0.0462. The monoisotopic (exact) mass is 404 g/mol. The Kier molecular flexibility index (Phi) is 3.95. The van der Waals surface area contributed by atoms with Crippen LogP contribution >= 0.6 is 0 Å². The first-order chi connectivity index (χ1) is 13.8. The van der Waals surface area contributed by atoms with E-state index in [0.29, 0.717) is 18.0 Å². The molecular weight excluding hydrogens is 386 g/mol. The van der Waals surface area contributed by atoms with E-state index in [9.17, 15) is 28.0 Å². The second kappa shape index (κ2) is 6.31. The number of anilines is 1. The van der Waals surface area contributed by atoms with Crippen LogP contribution in [-0.2, 0) is 9.59 Å². The van der Waals surface area contributed by atoms with Gasteiger partial charge in [0.15, 0.2) is 11.6 Å². The Bertz CT molecular complexity index is 969. The molecule has 1 aromatic carbocycles. The molecule has 5 rings (SSSR count). The van der Waals surface area contributed by atoms with Crippen molar-refractivity contribution in [1.82, 2.24) is 15.5 Å². The Balaban J connectivity index is 1.52. The first-order valence-corrected chi connectivity index (χ1v) is 9.59. The highest BCUT2D eigenvalue weighted by atomic mass is 19.2. The minimum atomic E-state index is -1.38.